The van der Waals surface area contributed by atoms with E-state index in [0.29, 0.717) is 23.7 Å². The molecule has 2 aromatic carbocycles. The third-order valence-corrected chi connectivity index (χ3v) is 4.94. The zero-order valence-corrected chi connectivity index (χ0v) is 16.4. The second-order valence-corrected chi connectivity index (χ2v) is 7.24. The van der Waals surface area contributed by atoms with Gasteiger partial charge in [0.05, 0.1) is 11.4 Å². The number of nitrogens with zero attached hydrogens (tertiary/aromatic N) is 1. The first-order chi connectivity index (χ1) is 14.1. The summed E-state index contributed by atoms with van der Waals surface area (Å²) in [6.07, 6.45) is 1.73. The van der Waals surface area contributed by atoms with Gasteiger partial charge >= 0.3 is 0 Å². The predicted octanol–water partition coefficient (Wildman–Crippen LogP) is 4.02. The van der Waals surface area contributed by atoms with Crippen LogP contribution in [0, 0.1) is 5.82 Å². The lowest BCUT2D eigenvalue weighted by Crippen LogP contribution is -2.24. The van der Waals surface area contributed by atoms with E-state index < -0.39 is 11.7 Å². The van der Waals surface area contributed by atoms with Gasteiger partial charge < -0.3 is 10.6 Å². The summed E-state index contributed by atoms with van der Waals surface area (Å²) in [5.74, 6) is 0.0920. The van der Waals surface area contributed by atoms with E-state index in [-0.39, 0.29) is 11.5 Å². The Kier molecular flexibility index (Phi) is 7.35. The Balaban J connectivity index is 1.46. The summed E-state index contributed by atoms with van der Waals surface area (Å²) in [4.78, 5) is 28.5. The van der Waals surface area contributed by atoms with Crippen molar-refractivity contribution in [3.05, 3.63) is 95.6 Å². The average Bonchev–Trinajstić information content (AvgIpc) is 2.73. The number of rotatable bonds is 8. The van der Waals surface area contributed by atoms with Crippen LogP contribution in [-0.2, 0) is 17.1 Å². The molecule has 7 heteroatoms. The fraction of sp³-hybridized carbons (Fsp3) is 0.136. The number of carbonyl (C=O) groups excluding carboxylic acids is 2. The normalized spacial score (nSPS) is 10.4. The molecule has 0 bridgehead atoms. The molecule has 0 saturated carbocycles. The van der Waals surface area contributed by atoms with Gasteiger partial charge in [0.15, 0.2) is 0 Å². The molecule has 0 saturated heterocycles. The fourth-order valence-electron chi connectivity index (χ4n) is 2.58. The van der Waals surface area contributed by atoms with Crippen LogP contribution in [0.3, 0.4) is 0 Å². The lowest BCUT2D eigenvalue weighted by molar-refractivity contribution is -0.118. The van der Waals surface area contributed by atoms with E-state index in [2.05, 4.69) is 15.6 Å². The Morgan fingerprint density at radius 3 is 2.66 bits per heavy atom. The van der Waals surface area contributed by atoms with Crippen molar-refractivity contribution in [2.24, 2.45) is 0 Å². The van der Waals surface area contributed by atoms with E-state index in [1.165, 1.54) is 30.0 Å². The molecule has 0 atom stereocenters. The van der Waals surface area contributed by atoms with Crippen LogP contribution in [0.25, 0.3) is 0 Å². The Morgan fingerprint density at radius 1 is 1.00 bits per heavy atom. The van der Waals surface area contributed by atoms with Gasteiger partial charge in [-0.15, -0.1) is 11.8 Å². The molecule has 148 valence electrons. The summed E-state index contributed by atoms with van der Waals surface area (Å²) in [6, 6.07) is 18.4. The number of anilines is 1. The quantitative estimate of drug-likeness (QED) is 0.589. The van der Waals surface area contributed by atoms with Crippen LogP contribution >= 0.6 is 11.8 Å². The summed E-state index contributed by atoms with van der Waals surface area (Å²) >= 11 is 1.50. The number of benzene rings is 2. The van der Waals surface area contributed by atoms with E-state index in [1.54, 1.807) is 30.5 Å². The Labute approximate surface area is 172 Å². The third kappa shape index (κ3) is 6.73. The molecule has 0 fully saturated rings. The molecule has 3 aromatic rings. The molecule has 0 aliphatic rings. The highest BCUT2D eigenvalue weighted by molar-refractivity contribution is 7.99. The molecular weight excluding hydrogens is 389 g/mol. The van der Waals surface area contributed by atoms with Crippen LogP contribution in [0.5, 0.6) is 0 Å². The van der Waals surface area contributed by atoms with Gasteiger partial charge in [-0.25, -0.2) is 4.39 Å². The van der Waals surface area contributed by atoms with Gasteiger partial charge in [-0.3, -0.25) is 14.6 Å². The van der Waals surface area contributed by atoms with Gasteiger partial charge in [0, 0.05) is 29.7 Å². The van der Waals surface area contributed by atoms with Crippen LogP contribution < -0.4 is 10.6 Å². The summed E-state index contributed by atoms with van der Waals surface area (Å²) in [5, 5.41) is 5.60. The molecule has 2 N–H and O–H groups in total. The number of thioether (sulfide) groups is 1. The largest absolute Gasteiger partial charge is 0.351 e. The van der Waals surface area contributed by atoms with Gasteiger partial charge in [0.2, 0.25) is 5.91 Å². The van der Waals surface area contributed by atoms with Gasteiger partial charge in [-0.1, -0.05) is 24.3 Å². The van der Waals surface area contributed by atoms with E-state index in [0.717, 1.165) is 11.3 Å². The van der Waals surface area contributed by atoms with Gasteiger partial charge in [-0.05, 0) is 48.0 Å². The Bertz CT molecular complexity index is 983. The molecule has 2 amide bonds. The van der Waals surface area contributed by atoms with E-state index in [1.807, 2.05) is 24.3 Å². The van der Waals surface area contributed by atoms with Gasteiger partial charge in [0.25, 0.3) is 5.91 Å². The molecule has 0 aliphatic carbocycles. The second-order valence-electron chi connectivity index (χ2n) is 6.26. The molecule has 0 unspecified atom stereocenters. The molecule has 29 heavy (non-hydrogen) atoms. The summed E-state index contributed by atoms with van der Waals surface area (Å²) < 4.78 is 13.3. The molecule has 5 nitrogen and oxygen atoms in total. The third-order valence-electron chi connectivity index (χ3n) is 3.97. The van der Waals surface area contributed by atoms with Crippen molar-refractivity contribution < 1.29 is 14.0 Å². The van der Waals surface area contributed by atoms with Crippen molar-refractivity contribution in [2.75, 3.05) is 11.1 Å². The lowest BCUT2D eigenvalue weighted by Gasteiger charge is -2.09. The number of hydrogen-bond acceptors (Lipinski definition) is 4. The number of aromatic nitrogens is 1. The number of nitrogens with one attached hydrogen (secondary N) is 2. The number of amides is 2. The maximum atomic E-state index is 13.3. The topological polar surface area (TPSA) is 71.1 Å². The average molecular weight is 409 g/mol. The summed E-state index contributed by atoms with van der Waals surface area (Å²) in [6.45, 7) is 0.354. The van der Waals surface area contributed by atoms with Crippen LogP contribution in [0.1, 0.15) is 21.6 Å². The van der Waals surface area contributed by atoms with E-state index in [9.17, 15) is 14.0 Å². The first-order valence-electron chi connectivity index (χ1n) is 9.00. The summed E-state index contributed by atoms with van der Waals surface area (Å²) in [5.41, 5.74) is 2.61. The minimum atomic E-state index is -0.463. The van der Waals surface area contributed by atoms with Crippen LogP contribution in [-0.4, -0.2) is 22.6 Å². The van der Waals surface area contributed by atoms with E-state index >= 15 is 0 Å². The zero-order chi connectivity index (χ0) is 20.5. The lowest BCUT2D eigenvalue weighted by atomic mass is 10.1. The Hall–Kier alpha value is -3.19. The van der Waals surface area contributed by atoms with Crippen LogP contribution in [0.15, 0.2) is 72.9 Å². The number of halogens is 1. The number of hydrogen-bond donors (Lipinski definition) is 2. The van der Waals surface area contributed by atoms with Gasteiger partial charge in [-0.2, -0.15) is 0 Å². The SMILES string of the molecule is O=C(CSCc1ccccn1)NCc1cccc(NC(=O)c2cccc(F)c2)c1. The monoisotopic (exact) mass is 409 g/mol. The maximum absolute atomic E-state index is 13.3. The first-order valence-corrected chi connectivity index (χ1v) is 10.2. The van der Waals surface area contributed by atoms with Crippen LogP contribution in [0.2, 0.25) is 0 Å². The maximum Gasteiger partial charge on any atom is 0.255 e. The highest BCUT2D eigenvalue weighted by Gasteiger charge is 2.08. The standard InChI is InChI=1S/C22H20FN3O2S/c23-18-7-4-6-17(12-18)22(28)26-19-9-3-5-16(11-19)13-25-21(27)15-29-14-20-8-1-2-10-24-20/h1-12H,13-15H2,(H,25,27)(H,26,28). The van der Waals surface area contributed by atoms with Crippen molar-refractivity contribution in [2.45, 2.75) is 12.3 Å². The van der Waals surface area contributed by atoms with Crippen molar-refractivity contribution in [3.63, 3.8) is 0 Å². The molecule has 0 radical (unpaired) electrons. The molecule has 0 aliphatic heterocycles. The minimum absolute atomic E-state index is 0.0693. The van der Waals surface area contributed by atoms with Crippen molar-refractivity contribution in [1.29, 1.82) is 0 Å². The first kappa shape index (κ1) is 20.5. The Morgan fingerprint density at radius 2 is 1.86 bits per heavy atom. The number of pyridine rings is 1. The molecule has 3 rings (SSSR count). The van der Waals surface area contributed by atoms with Gasteiger partial charge in [0.1, 0.15) is 5.82 Å². The zero-order valence-electron chi connectivity index (χ0n) is 15.6. The minimum Gasteiger partial charge on any atom is -0.351 e. The molecule has 1 heterocycles. The molecule has 0 spiro atoms. The number of carbonyl (C=O) groups is 2. The highest BCUT2D eigenvalue weighted by Crippen LogP contribution is 2.14. The van der Waals surface area contributed by atoms with Crippen molar-refractivity contribution >= 4 is 29.3 Å². The second kappa shape index (κ2) is 10.4. The summed E-state index contributed by atoms with van der Waals surface area (Å²) in [7, 11) is 0. The smallest absolute Gasteiger partial charge is 0.255 e. The highest BCUT2D eigenvalue weighted by atomic mass is 32.2. The van der Waals surface area contributed by atoms with E-state index in [4.69, 9.17) is 0 Å². The van der Waals surface area contributed by atoms with Crippen molar-refractivity contribution in [1.82, 2.24) is 10.3 Å². The predicted molar refractivity (Wildman–Crippen MR) is 113 cm³/mol. The van der Waals surface area contributed by atoms with Crippen molar-refractivity contribution in [3.8, 4) is 0 Å². The molecule has 1 aromatic heterocycles. The molecular formula is C22H20FN3O2S. The van der Waals surface area contributed by atoms with Crippen LogP contribution in [0.4, 0.5) is 10.1 Å². The fourth-order valence-corrected chi connectivity index (χ4v) is 3.34.